The van der Waals surface area contributed by atoms with E-state index in [1.807, 2.05) is 0 Å². The average molecular weight is 268 g/mol. The van der Waals surface area contributed by atoms with Crippen molar-refractivity contribution in [2.45, 2.75) is 5.75 Å². The van der Waals surface area contributed by atoms with Crippen molar-refractivity contribution in [2.75, 3.05) is 19.5 Å². The first-order chi connectivity index (χ1) is 8.67. The highest BCUT2D eigenvalue weighted by atomic mass is 32.2. The fourth-order valence-corrected chi connectivity index (χ4v) is 2.01. The molecule has 1 rings (SSSR count). The molecule has 3 nitrogen and oxygen atoms in total. The highest BCUT2D eigenvalue weighted by Gasteiger charge is 2.04. The molecule has 5 heteroatoms. The van der Waals surface area contributed by atoms with Crippen LogP contribution in [0.4, 0.5) is 4.39 Å². The Morgan fingerprint density at radius 2 is 2.33 bits per heavy atom. The lowest BCUT2D eigenvalue weighted by molar-refractivity contribution is -0.137. The lowest BCUT2D eigenvalue weighted by Gasteiger charge is -2.02. The number of carbonyl (C=O) groups excluding carboxylic acids is 1. The first kappa shape index (κ1) is 14.6. The number of carbonyl (C=O) groups is 1. The summed E-state index contributed by atoms with van der Waals surface area (Å²) in [6.45, 7) is -0.305. The minimum absolute atomic E-state index is 0.250. The van der Waals surface area contributed by atoms with Gasteiger partial charge in [-0.2, -0.15) is 0 Å². The van der Waals surface area contributed by atoms with E-state index in [1.54, 1.807) is 12.1 Å². The second-order valence-corrected chi connectivity index (χ2v) is 4.33. The Morgan fingerprint density at radius 3 is 3.00 bits per heavy atom. The number of ether oxygens (including phenoxy) is 1. The van der Waals surface area contributed by atoms with Gasteiger partial charge in [0.2, 0.25) is 0 Å². The van der Waals surface area contributed by atoms with Gasteiger partial charge in [0.15, 0.2) is 0 Å². The Labute approximate surface area is 109 Å². The standard InChI is InChI=1S/C13H13FO3S/c1-17-13(16)9-18-8-10-4-5-12(14)11(7-10)3-2-6-15/h4-5,7,15H,6,8-9H2,1H3. The molecule has 0 heterocycles. The number of hydrogen-bond donors (Lipinski definition) is 1. The molecule has 1 aromatic carbocycles. The lowest BCUT2D eigenvalue weighted by Crippen LogP contribution is -2.03. The molecule has 0 fully saturated rings. The third kappa shape index (κ3) is 4.78. The third-order valence-electron chi connectivity index (χ3n) is 2.05. The van der Waals surface area contributed by atoms with Gasteiger partial charge < -0.3 is 9.84 Å². The molecule has 0 radical (unpaired) electrons. The molecule has 0 spiro atoms. The lowest BCUT2D eigenvalue weighted by atomic mass is 10.1. The van der Waals surface area contributed by atoms with Gasteiger partial charge in [-0.3, -0.25) is 4.79 Å². The average Bonchev–Trinajstić information content (AvgIpc) is 2.38. The van der Waals surface area contributed by atoms with Gasteiger partial charge in [-0.15, -0.1) is 11.8 Å². The Balaban J connectivity index is 2.64. The maximum atomic E-state index is 13.3. The van der Waals surface area contributed by atoms with E-state index in [4.69, 9.17) is 5.11 Å². The zero-order valence-electron chi connectivity index (χ0n) is 9.90. The quantitative estimate of drug-likeness (QED) is 0.665. The van der Waals surface area contributed by atoms with Crippen molar-refractivity contribution in [1.29, 1.82) is 0 Å². The zero-order chi connectivity index (χ0) is 13.4. The molecular weight excluding hydrogens is 255 g/mol. The minimum atomic E-state index is -0.419. The summed E-state index contributed by atoms with van der Waals surface area (Å²) in [6.07, 6.45) is 0. The maximum Gasteiger partial charge on any atom is 0.315 e. The number of aliphatic hydroxyl groups is 1. The molecule has 0 bridgehead atoms. The number of thioether (sulfide) groups is 1. The number of halogens is 1. The monoisotopic (exact) mass is 268 g/mol. The second kappa shape index (κ2) is 7.75. The van der Waals surface area contributed by atoms with Gasteiger partial charge in [-0.05, 0) is 17.7 Å². The minimum Gasteiger partial charge on any atom is -0.468 e. The summed E-state index contributed by atoms with van der Waals surface area (Å²) in [5, 5.41) is 8.57. The summed E-state index contributed by atoms with van der Waals surface area (Å²) in [7, 11) is 1.34. The molecule has 0 aliphatic carbocycles. The SMILES string of the molecule is COC(=O)CSCc1ccc(F)c(C#CCO)c1. The number of esters is 1. The van der Waals surface area contributed by atoms with Crippen LogP contribution in [0.1, 0.15) is 11.1 Å². The molecule has 0 aromatic heterocycles. The normalized spacial score (nSPS) is 9.50. The van der Waals surface area contributed by atoms with Gasteiger partial charge in [-0.25, -0.2) is 4.39 Å². The van der Waals surface area contributed by atoms with E-state index in [0.29, 0.717) is 5.75 Å². The predicted molar refractivity (Wildman–Crippen MR) is 68.5 cm³/mol. The van der Waals surface area contributed by atoms with Crippen LogP contribution in [0.5, 0.6) is 0 Å². The van der Waals surface area contributed by atoms with Crippen molar-refractivity contribution in [1.82, 2.24) is 0 Å². The summed E-state index contributed by atoms with van der Waals surface area (Å²) in [5.41, 5.74) is 1.12. The molecule has 0 amide bonds. The van der Waals surface area contributed by atoms with E-state index >= 15 is 0 Å². The molecule has 96 valence electrons. The molecule has 0 saturated carbocycles. The Morgan fingerprint density at radius 1 is 1.56 bits per heavy atom. The first-order valence-electron chi connectivity index (χ1n) is 5.20. The van der Waals surface area contributed by atoms with E-state index in [2.05, 4.69) is 16.6 Å². The van der Waals surface area contributed by atoms with Crippen LogP contribution in [0.15, 0.2) is 18.2 Å². The Bertz CT molecular complexity index is 477. The van der Waals surface area contributed by atoms with Crippen LogP contribution in [0, 0.1) is 17.7 Å². The fraction of sp³-hybridized carbons (Fsp3) is 0.308. The zero-order valence-corrected chi connectivity index (χ0v) is 10.7. The molecule has 0 aliphatic heterocycles. The van der Waals surface area contributed by atoms with Gasteiger partial charge in [0.05, 0.1) is 18.4 Å². The molecule has 1 aromatic rings. The summed E-state index contributed by atoms with van der Waals surface area (Å²) < 4.78 is 17.8. The van der Waals surface area contributed by atoms with Gasteiger partial charge in [-0.1, -0.05) is 17.9 Å². The largest absolute Gasteiger partial charge is 0.468 e. The summed E-state index contributed by atoms with van der Waals surface area (Å²) in [5.74, 6) is 5.06. The van der Waals surface area contributed by atoms with Crippen LogP contribution in [0.2, 0.25) is 0 Å². The van der Waals surface area contributed by atoms with Crippen molar-refractivity contribution in [3.63, 3.8) is 0 Å². The summed E-state index contributed by atoms with van der Waals surface area (Å²) in [6, 6.07) is 4.58. The van der Waals surface area contributed by atoms with Crippen molar-refractivity contribution in [3.8, 4) is 11.8 Å². The van der Waals surface area contributed by atoms with Crippen LogP contribution in [-0.2, 0) is 15.3 Å². The number of aliphatic hydroxyl groups excluding tert-OH is 1. The smallest absolute Gasteiger partial charge is 0.315 e. The number of benzene rings is 1. The predicted octanol–water partition coefficient (Wildman–Crippen LogP) is 1.58. The second-order valence-electron chi connectivity index (χ2n) is 3.34. The van der Waals surface area contributed by atoms with Gasteiger partial charge >= 0.3 is 5.97 Å². The number of methoxy groups -OCH3 is 1. The Hall–Kier alpha value is -1.51. The van der Waals surface area contributed by atoms with E-state index in [9.17, 15) is 9.18 Å². The van der Waals surface area contributed by atoms with Crippen LogP contribution >= 0.6 is 11.8 Å². The van der Waals surface area contributed by atoms with Crippen molar-refractivity contribution in [2.24, 2.45) is 0 Å². The van der Waals surface area contributed by atoms with Crippen molar-refractivity contribution in [3.05, 3.63) is 35.1 Å². The molecular formula is C13H13FO3S. The van der Waals surface area contributed by atoms with Crippen LogP contribution < -0.4 is 0 Å². The molecule has 18 heavy (non-hydrogen) atoms. The van der Waals surface area contributed by atoms with Gasteiger partial charge in [0.1, 0.15) is 12.4 Å². The third-order valence-corrected chi connectivity index (χ3v) is 3.03. The number of hydrogen-bond acceptors (Lipinski definition) is 4. The molecule has 1 N–H and O–H groups in total. The topological polar surface area (TPSA) is 46.5 Å². The van der Waals surface area contributed by atoms with Crippen LogP contribution in [-0.4, -0.2) is 30.5 Å². The molecule has 0 saturated heterocycles. The molecule has 0 unspecified atom stereocenters. The highest BCUT2D eigenvalue weighted by molar-refractivity contribution is 7.99. The van der Waals surface area contributed by atoms with E-state index in [0.717, 1.165) is 5.56 Å². The molecule has 0 aliphatic rings. The van der Waals surface area contributed by atoms with E-state index in [1.165, 1.54) is 24.9 Å². The van der Waals surface area contributed by atoms with E-state index in [-0.39, 0.29) is 23.9 Å². The van der Waals surface area contributed by atoms with Crippen molar-refractivity contribution < 1.29 is 19.0 Å². The van der Waals surface area contributed by atoms with Gasteiger partial charge in [0.25, 0.3) is 0 Å². The fourth-order valence-electron chi connectivity index (χ4n) is 1.20. The van der Waals surface area contributed by atoms with E-state index < -0.39 is 5.82 Å². The van der Waals surface area contributed by atoms with Crippen LogP contribution in [0.25, 0.3) is 0 Å². The highest BCUT2D eigenvalue weighted by Crippen LogP contribution is 2.15. The van der Waals surface area contributed by atoms with Crippen molar-refractivity contribution >= 4 is 17.7 Å². The van der Waals surface area contributed by atoms with Crippen LogP contribution in [0.3, 0.4) is 0 Å². The maximum absolute atomic E-state index is 13.3. The summed E-state index contributed by atoms with van der Waals surface area (Å²) >= 11 is 1.38. The Kier molecular flexibility index (Phi) is 6.26. The first-order valence-corrected chi connectivity index (χ1v) is 6.35. The summed E-state index contributed by atoms with van der Waals surface area (Å²) in [4.78, 5) is 10.9. The molecule has 0 atom stereocenters. The number of rotatable bonds is 4. The van der Waals surface area contributed by atoms with Gasteiger partial charge in [0, 0.05) is 5.75 Å².